The molecule has 17 heavy (non-hydrogen) atoms. The third-order valence-corrected chi connectivity index (χ3v) is 6.73. The molecule has 1 aromatic heterocycles. The highest BCUT2D eigenvalue weighted by Gasteiger charge is 2.30. The highest BCUT2D eigenvalue weighted by atomic mass is 32.2. The van der Waals surface area contributed by atoms with Crippen molar-refractivity contribution in [2.75, 3.05) is 13.1 Å². The molecule has 1 aliphatic heterocycles. The second kappa shape index (κ2) is 4.68. The smallest absolute Gasteiger partial charge is 0.252 e. The maximum atomic E-state index is 12.4. The van der Waals surface area contributed by atoms with Gasteiger partial charge in [0.2, 0.25) is 0 Å². The zero-order chi connectivity index (χ0) is 12.6. The molecule has 4 nitrogen and oxygen atoms in total. The molecule has 1 fully saturated rings. The number of hydrogen-bond donors (Lipinski definition) is 1. The Bertz CT molecular complexity index is 500. The van der Waals surface area contributed by atoms with Crippen molar-refractivity contribution in [1.82, 2.24) is 4.31 Å². The van der Waals surface area contributed by atoms with Crippen LogP contribution in [0.1, 0.15) is 23.3 Å². The average molecular weight is 274 g/mol. The average Bonchev–Trinajstić information content (AvgIpc) is 2.59. The van der Waals surface area contributed by atoms with Crippen molar-refractivity contribution < 1.29 is 8.42 Å². The third kappa shape index (κ3) is 2.54. The van der Waals surface area contributed by atoms with Gasteiger partial charge in [-0.1, -0.05) is 0 Å². The Morgan fingerprint density at radius 2 is 1.94 bits per heavy atom. The highest BCUT2D eigenvalue weighted by molar-refractivity contribution is 7.91. The molecule has 0 atom stereocenters. The fraction of sp³-hybridized carbons (Fsp3) is 0.636. The summed E-state index contributed by atoms with van der Waals surface area (Å²) >= 11 is 1.35. The van der Waals surface area contributed by atoms with E-state index in [1.165, 1.54) is 11.3 Å². The second-order valence-corrected chi connectivity index (χ2v) is 7.96. The van der Waals surface area contributed by atoms with Crippen molar-refractivity contribution in [3.05, 3.63) is 16.5 Å². The standard InChI is InChI=1S/C11H18N2O2S2/c1-8-7-9(2)16-11(8)17(14,15)13-5-3-10(12)4-6-13/h7,10H,3-6,12H2,1-2H3. The summed E-state index contributed by atoms with van der Waals surface area (Å²) in [5, 5.41) is 0. The Morgan fingerprint density at radius 1 is 1.35 bits per heavy atom. The first kappa shape index (κ1) is 13.0. The van der Waals surface area contributed by atoms with E-state index in [0.717, 1.165) is 23.3 Å². The molecular weight excluding hydrogens is 256 g/mol. The van der Waals surface area contributed by atoms with Gasteiger partial charge in [-0.15, -0.1) is 11.3 Å². The van der Waals surface area contributed by atoms with Crippen LogP contribution < -0.4 is 5.73 Å². The van der Waals surface area contributed by atoms with E-state index < -0.39 is 10.0 Å². The molecular formula is C11H18N2O2S2. The minimum atomic E-state index is -3.30. The second-order valence-electron chi connectivity index (χ2n) is 4.57. The lowest BCUT2D eigenvalue weighted by molar-refractivity contribution is 0.320. The van der Waals surface area contributed by atoms with Crippen LogP contribution in [0.2, 0.25) is 0 Å². The number of rotatable bonds is 2. The summed E-state index contributed by atoms with van der Waals surface area (Å²) < 4.78 is 26.9. The Kier molecular flexibility index (Phi) is 3.58. The summed E-state index contributed by atoms with van der Waals surface area (Å²) in [7, 11) is -3.30. The SMILES string of the molecule is Cc1cc(C)c(S(=O)(=O)N2CCC(N)CC2)s1. The van der Waals surface area contributed by atoms with Crippen molar-refractivity contribution in [2.45, 2.75) is 36.9 Å². The van der Waals surface area contributed by atoms with Crippen molar-refractivity contribution in [3.8, 4) is 0 Å². The summed E-state index contributed by atoms with van der Waals surface area (Å²) in [5.41, 5.74) is 6.64. The molecule has 0 unspecified atom stereocenters. The van der Waals surface area contributed by atoms with E-state index in [-0.39, 0.29) is 6.04 Å². The number of hydrogen-bond acceptors (Lipinski definition) is 4. The monoisotopic (exact) mass is 274 g/mol. The quantitative estimate of drug-likeness (QED) is 0.888. The van der Waals surface area contributed by atoms with Crippen LogP contribution in [0.4, 0.5) is 0 Å². The number of sulfonamides is 1. The molecule has 0 amide bonds. The first-order valence-electron chi connectivity index (χ1n) is 5.74. The van der Waals surface area contributed by atoms with Crippen molar-refractivity contribution >= 4 is 21.4 Å². The predicted octanol–water partition coefficient (Wildman–Crippen LogP) is 1.48. The fourth-order valence-electron chi connectivity index (χ4n) is 2.11. The molecule has 0 bridgehead atoms. The largest absolute Gasteiger partial charge is 0.328 e. The van der Waals surface area contributed by atoms with Gasteiger partial charge in [-0.05, 0) is 38.3 Å². The van der Waals surface area contributed by atoms with Gasteiger partial charge in [0.05, 0.1) is 0 Å². The van der Waals surface area contributed by atoms with Crippen molar-refractivity contribution in [2.24, 2.45) is 5.73 Å². The van der Waals surface area contributed by atoms with Crippen molar-refractivity contribution in [1.29, 1.82) is 0 Å². The van der Waals surface area contributed by atoms with E-state index >= 15 is 0 Å². The lowest BCUT2D eigenvalue weighted by Crippen LogP contribution is -2.42. The number of nitrogens with zero attached hydrogens (tertiary/aromatic N) is 1. The van der Waals surface area contributed by atoms with Gasteiger partial charge in [0, 0.05) is 24.0 Å². The van der Waals surface area contributed by atoms with Gasteiger partial charge in [-0.2, -0.15) is 4.31 Å². The van der Waals surface area contributed by atoms with Gasteiger partial charge in [0.1, 0.15) is 4.21 Å². The predicted molar refractivity (Wildman–Crippen MR) is 69.8 cm³/mol. The van der Waals surface area contributed by atoms with E-state index in [1.807, 2.05) is 19.9 Å². The normalized spacial score (nSPS) is 19.7. The van der Waals surface area contributed by atoms with Gasteiger partial charge in [0.25, 0.3) is 10.0 Å². The molecule has 0 saturated carbocycles. The molecule has 0 spiro atoms. The number of piperidine rings is 1. The molecule has 1 aliphatic rings. The third-order valence-electron chi connectivity index (χ3n) is 3.07. The summed E-state index contributed by atoms with van der Waals surface area (Å²) in [6, 6.07) is 2.07. The first-order valence-corrected chi connectivity index (χ1v) is 7.99. The van der Waals surface area contributed by atoms with Gasteiger partial charge >= 0.3 is 0 Å². The maximum Gasteiger partial charge on any atom is 0.252 e. The first-order chi connectivity index (χ1) is 7.91. The van der Waals surface area contributed by atoms with Gasteiger partial charge in [-0.25, -0.2) is 8.42 Å². The highest BCUT2D eigenvalue weighted by Crippen LogP contribution is 2.30. The Balaban J connectivity index is 2.28. The van der Waals surface area contributed by atoms with Crippen LogP contribution in [0.25, 0.3) is 0 Å². The molecule has 96 valence electrons. The Morgan fingerprint density at radius 3 is 2.41 bits per heavy atom. The minimum Gasteiger partial charge on any atom is -0.328 e. The molecule has 2 rings (SSSR count). The molecule has 1 aromatic rings. The fourth-order valence-corrected chi connectivity index (χ4v) is 5.38. The van der Waals surface area contributed by atoms with Gasteiger partial charge in [0.15, 0.2) is 0 Å². The van der Waals surface area contributed by atoms with E-state index in [9.17, 15) is 8.42 Å². The Labute approximate surface area is 106 Å². The maximum absolute atomic E-state index is 12.4. The number of nitrogens with two attached hydrogens (primary N) is 1. The number of thiophene rings is 1. The minimum absolute atomic E-state index is 0.146. The topological polar surface area (TPSA) is 63.4 Å². The molecule has 0 radical (unpaired) electrons. The van der Waals surface area contributed by atoms with Gasteiger partial charge in [-0.3, -0.25) is 0 Å². The van der Waals surface area contributed by atoms with Crippen LogP contribution in [0.5, 0.6) is 0 Å². The van der Waals surface area contributed by atoms with Crippen molar-refractivity contribution in [3.63, 3.8) is 0 Å². The molecule has 6 heteroatoms. The van der Waals surface area contributed by atoms with E-state index in [0.29, 0.717) is 17.3 Å². The summed E-state index contributed by atoms with van der Waals surface area (Å²) in [5.74, 6) is 0. The lowest BCUT2D eigenvalue weighted by atomic mass is 10.1. The summed E-state index contributed by atoms with van der Waals surface area (Å²) in [6.45, 7) is 4.87. The van der Waals surface area contributed by atoms with Crippen LogP contribution in [-0.4, -0.2) is 31.9 Å². The zero-order valence-corrected chi connectivity index (χ0v) is 11.8. The van der Waals surface area contributed by atoms with Crippen LogP contribution in [0.15, 0.2) is 10.3 Å². The van der Waals surface area contributed by atoms with Gasteiger partial charge < -0.3 is 5.73 Å². The van der Waals surface area contributed by atoms with Crippen LogP contribution in [0, 0.1) is 13.8 Å². The van der Waals surface area contributed by atoms with E-state index in [2.05, 4.69) is 0 Å². The van der Waals surface area contributed by atoms with Crippen LogP contribution in [0.3, 0.4) is 0 Å². The summed E-state index contributed by atoms with van der Waals surface area (Å²) in [4.78, 5) is 1.04. The molecule has 2 heterocycles. The zero-order valence-electron chi connectivity index (χ0n) is 10.1. The Hall–Kier alpha value is -0.430. The van der Waals surface area contributed by atoms with E-state index in [4.69, 9.17) is 5.73 Å². The molecule has 0 aliphatic carbocycles. The molecule has 1 saturated heterocycles. The summed E-state index contributed by atoms with van der Waals surface area (Å²) in [6.07, 6.45) is 1.51. The van der Waals surface area contributed by atoms with Crippen LogP contribution >= 0.6 is 11.3 Å². The molecule has 2 N–H and O–H groups in total. The lowest BCUT2D eigenvalue weighted by Gasteiger charge is -2.29. The number of aryl methyl sites for hydroxylation is 2. The molecule has 0 aromatic carbocycles. The van der Waals surface area contributed by atoms with Crippen LogP contribution in [-0.2, 0) is 10.0 Å². The van der Waals surface area contributed by atoms with E-state index in [1.54, 1.807) is 4.31 Å².